The van der Waals surface area contributed by atoms with Crippen LogP contribution in [0.15, 0.2) is 24.4 Å². The van der Waals surface area contributed by atoms with Crippen molar-refractivity contribution in [2.45, 2.75) is 63.2 Å². The van der Waals surface area contributed by atoms with Crippen LogP contribution in [0.3, 0.4) is 0 Å². The van der Waals surface area contributed by atoms with Crippen molar-refractivity contribution in [1.82, 2.24) is 15.2 Å². The fraction of sp³-hybridized carbons (Fsp3) is 0.667. The van der Waals surface area contributed by atoms with E-state index in [9.17, 15) is 14.0 Å². The SMILES string of the molecule is O=C(NC12CC3CC(C1)CC(C(=O)N1CCC[C@H]1F)(C3)C2)c1ccccn1. The molecule has 5 fully saturated rings. The summed E-state index contributed by atoms with van der Waals surface area (Å²) in [4.78, 5) is 31.8. The summed E-state index contributed by atoms with van der Waals surface area (Å²) in [7, 11) is 0. The number of rotatable bonds is 3. The van der Waals surface area contributed by atoms with Gasteiger partial charge < -0.3 is 10.2 Å². The van der Waals surface area contributed by atoms with Gasteiger partial charge in [0, 0.05) is 18.3 Å². The molecule has 2 unspecified atom stereocenters. The van der Waals surface area contributed by atoms with E-state index in [-0.39, 0.29) is 17.4 Å². The number of carbonyl (C=O) groups is 2. The van der Waals surface area contributed by atoms with Gasteiger partial charge in [0.2, 0.25) is 5.91 Å². The number of hydrogen-bond acceptors (Lipinski definition) is 3. The third-order valence-electron chi connectivity index (χ3n) is 7.23. The summed E-state index contributed by atoms with van der Waals surface area (Å²) >= 11 is 0. The average Bonchev–Trinajstić information content (AvgIpc) is 3.06. The molecule has 2 amide bonds. The Bertz CT molecular complexity index is 754. The first-order valence-corrected chi connectivity index (χ1v) is 10.2. The number of likely N-dealkylation sites (tertiary alicyclic amines) is 1. The maximum atomic E-state index is 14.3. The predicted molar refractivity (Wildman–Crippen MR) is 97.4 cm³/mol. The van der Waals surface area contributed by atoms with Crippen LogP contribution in [-0.4, -0.2) is 40.1 Å². The molecule has 1 N–H and O–H groups in total. The van der Waals surface area contributed by atoms with Gasteiger partial charge in [-0.1, -0.05) is 6.07 Å². The van der Waals surface area contributed by atoms with Gasteiger partial charge in [0.15, 0.2) is 6.30 Å². The van der Waals surface area contributed by atoms with Crippen LogP contribution in [0.5, 0.6) is 0 Å². The second-order valence-corrected chi connectivity index (χ2v) is 9.27. The first-order chi connectivity index (χ1) is 13.0. The van der Waals surface area contributed by atoms with Crippen LogP contribution in [-0.2, 0) is 4.79 Å². The smallest absolute Gasteiger partial charge is 0.270 e. The Balaban J connectivity index is 1.42. The van der Waals surface area contributed by atoms with E-state index >= 15 is 0 Å². The van der Waals surface area contributed by atoms with Crippen molar-refractivity contribution >= 4 is 11.8 Å². The topological polar surface area (TPSA) is 62.3 Å². The zero-order valence-corrected chi connectivity index (χ0v) is 15.5. The Labute approximate surface area is 158 Å². The molecule has 4 saturated carbocycles. The number of carbonyl (C=O) groups excluding carboxylic acids is 2. The van der Waals surface area contributed by atoms with Gasteiger partial charge in [0.05, 0.1) is 5.41 Å². The molecular formula is C21H26FN3O2. The summed E-state index contributed by atoms with van der Waals surface area (Å²) in [5.74, 6) is 0.725. The first kappa shape index (κ1) is 17.1. The molecule has 4 aliphatic carbocycles. The van der Waals surface area contributed by atoms with E-state index in [2.05, 4.69) is 10.3 Å². The van der Waals surface area contributed by atoms with Gasteiger partial charge in [-0.2, -0.15) is 0 Å². The van der Waals surface area contributed by atoms with Gasteiger partial charge in [-0.05, 0) is 75.3 Å². The summed E-state index contributed by atoms with van der Waals surface area (Å²) < 4.78 is 14.3. The fourth-order valence-electron chi connectivity index (χ4n) is 6.72. The maximum absolute atomic E-state index is 14.3. The van der Waals surface area contributed by atoms with E-state index in [0.29, 0.717) is 36.9 Å². The predicted octanol–water partition coefficient (Wildman–Crippen LogP) is 3.07. The lowest BCUT2D eigenvalue weighted by Gasteiger charge is -2.61. The number of aromatic nitrogens is 1. The summed E-state index contributed by atoms with van der Waals surface area (Å²) in [6, 6.07) is 5.31. The van der Waals surface area contributed by atoms with Gasteiger partial charge in [-0.25, -0.2) is 4.39 Å². The van der Waals surface area contributed by atoms with Crippen LogP contribution in [0, 0.1) is 17.3 Å². The van der Waals surface area contributed by atoms with E-state index in [1.807, 2.05) is 0 Å². The van der Waals surface area contributed by atoms with Crippen LogP contribution in [0.4, 0.5) is 4.39 Å². The molecule has 0 radical (unpaired) electrons. The zero-order valence-electron chi connectivity index (χ0n) is 15.5. The van der Waals surface area contributed by atoms with Crippen molar-refractivity contribution < 1.29 is 14.0 Å². The van der Waals surface area contributed by atoms with Crippen LogP contribution in [0.1, 0.15) is 61.9 Å². The molecule has 1 aliphatic heterocycles. The van der Waals surface area contributed by atoms with E-state index in [1.54, 1.807) is 24.4 Å². The van der Waals surface area contributed by atoms with Crippen molar-refractivity contribution in [1.29, 1.82) is 0 Å². The summed E-state index contributed by atoms with van der Waals surface area (Å²) in [6.07, 6.45) is 7.03. The van der Waals surface area contributed by atoms with Crippen molar-refractivity contribution in [3.8, 4) is 0 Å². The molecule has 1 saturated heterocycles. The number of nitrogens with one attached hydrogen (secondary N) is 1. The first-order valence-electron chi connectivity index (χ1n) is 10.2. The van der Waals surface area contributed by atoms with Crippen LogP contribution in [0.25, 0.3) is 0 Å². The quantitative estimate of drug-likeness (QED) is 0.831. The van der Waals surface area contributed by atoms with Gasteiger partial charge in [-0.3, -0.25) is 14.6 Å². The largest absolute Gasteiger partial charge is 0.345 e. The summed E-state index contributed by atoms with van der Waals surface area (Å²) in [5, 5.41) is 3.26. The van der Waals surface area contributed by atoms with Gasteiger partial charge in [-0.15, -0.1) is 0 Å². The second kappa shape index (κ2) is 6.01. The molecule has 0 aromatic carbocycles. The third-order valence-corrected chi connectivity index (χ3v) is 7.23. The standard InChI is InChI=1S/C21H26FN3O2/c22-17-5-3-7-25(17)19(27)20-9-14-8-15(10-20)12-21(11-14,13-20)24-18(26)16-4-1-2-6-23-16/h1-2,4,6,14-15,17H,3,5,7-13H2,(H,24,26)/t14?,15?,17-,20?,21?/m0/s1. The van der Waals surface area contributed by atoms with Crippen molar-refractivity contribution in [3.63, 3.8) is 0 Å². The monoisotopic (exact) mass is 371 g/mol. The summed E-state index contributed by atoms with van der Waals surface area (Å²) in [6.45, 7) is 0.532. The highest BCUT2D eigenvalue weighted by atomic mass is 19.1. The van der Waals surface area contributed by atoms with Crippen molar-refractivity contribution in [2.75, 3.05) is 6.54 Å². The molecule has 144 valence electrons. The number of hydrogen-bond donors (Lipinski definition) is 1. The minimum absolute atomic E-state index is 0.00180. The van der Waals surface area contributed by atoms with E-state index < -0.39 is 11.7 Å². The Morgan fingerprint density at radius 1 is 1.19 bits per heavy atom. The van der Waals surface area contributed by atoms with Crippen molar-refractivity contribution in [3.05, 3.63) is 30.1 Å². The molecule has 1 aromatic heterocycles. The number of amides is 2. The number of alkyl halides is 1. The molecule has 6 rings (SSSR count). The highest BCUT2D eigenvalue weighted by molar-refractivity contribution is 5.93. The highest BCUT2D eigenvalue weighted by Crippen LogP contribution is 2.62. The molecule has 5 nitrogen and oxygen atoms in total. The minimum atomic E-state index is -1.13. The molecule has 0 spiro atoms. The Hall–Kier alpha value is -1.98. The molecular weight excluding hydrogens is 345 g/mol. The van der Waals surface area contributed by atoms with E-state index in [0.717, 1.165) is 38.5 Å². The number of halogens is 1. The highest BCUT2D eigenvalue weighted by Gasteiger charge is 2.62. The third kappa shape index (κ3) is 2.75. The molecule has 3 atom stereocenters. The zero-order chi connectivity index (χ0) is 18.6. The second-order valence-electron chi connectivity index (χ2n) is 9.27. The number of pyridine rings is 1. The molecule has 27 heavy (non-hydrogen) atoms. The van der Waals surface area contributed by atoms with Crippen LogP contribution >= 0.6 is 0 Å². The Kier molecular flexibility index (Phi) is 3.82. The number of nitrogens with zero attached hydrogens (tertiary/aromatic N) is 2. The van der Waals surface area contributed by atoms with E-state index in [4.69, 9.17) is 0 Å². The normalized spacial score (nSPS) is 39.6. The van der Waals surface area contributed by atoms with E-state index in [1.165, 1.54) is 4.90 Å². The fourth-order valence-corrected chi connectivity index (χ4v) is 6.72. The van der Waals surface area contributed by atoms with Crippen molar-refractivity contribution in [2.24, 2.45) is 17.3 Å². The average molecular weight is 371 g/mol. The molecule has 2 heterocycles. The van der Waals surface area contributed by atoms with Gasteiger partial charge in [0.25, 0.3) is 5.91 Å². The van der Waals surface area contributed by atoms with Crippen LogP contribution in [0.2, 0.25) is 0 Å². The van der Waals surface area contributed by atoms with Gasteiger partial charge >= 0.3 is 0 Å². The Morgan fingerprint density at radius 3 is 2.59 bits per heavy atom. The minimum Gasteiger partial charge on any atom is -0.345 e. The molecule has 4 bridgehead atoms. The lowest BCUT2D eigenvalue weighted by molar-refractivity contribution is -0.164. The van der Waals surface area contributed by atoms with Crippen LogP contribution < -0.4 is 5.32 Å². The molecule has 6 heteroatoms. The lowest BCUT2D eigenvalue weighted by atomic mass is 9.46. The molecule has 1 aromatic rings. The maximum Gasteiger partial charge on any atom is 0.270 e. The van der Waals surface area contributed by atoms with Gasteiger partial charge in [0.1, 0.15) is 5.69 Å². The Morgan fingerprint density at radius 2 is 1.96 bits per heavy atom. The molecule has 5 aliphatic rings. The lowest BCUT2D eigenvalue weighted by Crippen LogP contribution is -2.66. The summed E-state index contributed by atoms with van der Waals surface area (Å²) in [5.41, 5.74) is -0.423.